The quantitative estimate of drug-likeness (QED) is 0.873. The van der Waals surface area contributed by atoms with Crippen LogP contribution in [0.25, 0.3) is 0 Å². The van der Waals surface area contributed by atoms with Gasteiger partial charge in [0.05, 0.1) is 5.71 Å². The van der Waals surface area contributed by atoms with Gasteiger partial charge in [0.1, 0.15) is 0 Å². The highest BCUT2D eigenvalue weighted by atomic mass is 35.5. The molecule has 0 aliphatic carbocycles. The Morgan fingerprint density at radius 2 is 1.85 bits per heavy atom. The lowest BCUT2D eigenvalue weighted by molar-refractivity contribution is -0.118. The van der Waals surface area contributed by atoms with Crippen molar-refractivity contribution >= 4 is 45.0 Å². The molecule has 0 radical (unpaired) electrons. The van der Waals surface area contributed by atoms with Gasteiger partial charge in [-0.2, -0.15) is 0 Å². The molecule has 1 heterocycles. The molecule has 2 N–H and O–H groups in total. The Labute approximate surface area is 120 Å². The number of rotatable bonds is 3. The number of anilines is 1. The lowest BCUT2D eigenvalue weighted by atomic mass is 10.2. The highest BCUT2D eigenvalue weighted by Gasteiger charge is 2.39. The first-order valence-corrected chi connectivity index (χ1v) is 7.39. The summed E-state index contributed by atoms with van der Waals surface area (Å²) in [4.78, 5) is 26.1. The predicted molar refractivity (Wildman–Crippen MR) is 74.4 cm³/mol. The van der Waals surface area contributed by atoms with Gasteiger partial charge in [-0.15, -0.1) is 0 Å². The SMILES string of the molecule is CC1=NC(=O)NC(=O)C1S(=O)(=O)Nc1ccc(Cl)cc1. The van der Waals surface area contributed by atoms with E-state index in [4.69, 9.17) is 11.6 Å². The maximum Gasteiger partial charge on any atom is 0.347 e. The normalized spacial score (nSPS) is 19.3. The molecular formula is C11H10ClN3O4S. The van der Waals surface area contributed by atoms with Crippen molar-refractivity contribution in [3.8, 4) is 0 Å². The topological polar surface area (TPSA) is 105 Å². The molecule has 0 saturated heterocycles. The number of nitrogens with zero attached hydrogens (tertiary/aromatic N) is 1. The summed E-state index contributed by atoms with van der Waals surface area (Å²) < 4.78 is 26.6. The Kier molecular flexibility index (Phi) is 3.78. The number of hydrogen-bond donors (Lipinski definition) is 2. The van der Waals surface area contributed by atoms with Crippen LogP contribution < -0.4 is 10.0 Å². The summed E-state index contributed by atoms with van der Waals surface area (Å²) in [6.45, 7) is 1.31. The standard InChI is InChI=1S/C11H10ClN3O4S/c1-6-9(10(16)14-11(17)13-6)20(18,19)15-8-4-2-7(12)3-5-8/h2-5,9,15H,1H3,(H,14,16,17). The van der Waals surface area contributed by atoms with Gasteiger partial charge in [0, 0.05) is 10.7 Å². The van der Waals surface area contributed by atoms with Gasteiger partial charge in [0.15, 0.2) is 5.25 Å². The summed E-state index contributed by atoms with van der Waals surface area (Å²) in [5.74, 6) is -0.927. The zero-order valence-electron chi connectivity index (χ0n) is 10.3. The van der Waals surface area contributed by atoms with Crippen LogP contribution in [0.3, 0.4) is 0 Å². The molecule has 1 unspecified atom stereocenters. The molecule has 7 nitrogen and oxygen atoms in total. The van der Waals surface area contributed by atoms with E-state index in [0.717, 1.165) is 0 Å². The minimum Gasteiger partial charge on any atom is -0.283 e. The first kappa shape index (κ1) is 14.5. The average molecular weight is 316 g/mol. The number of nitrogens with one attached hydrogen (secondary N) is 2. The van der Waals surface area contributed by atoms with Crippen LogP contribution in [0.15, 0.2) is 29.3 Å². The average Bonchev–Trinajstić information content (AvgIpc) is 2.30. The van der Waals surface area contributed by atoms with Crippen LogP contribution in [-0.2, 0) is 14.8 Å². The summed E-state index contributed by atoms with van der Waals surface area (Å²) in [5, 5.41) is 0.760. The molecule has 1 aromatic rings. The van der Waals surface area contributed by atoms with Crippen LogP contribution >= 0.6 is 11.6 Å². The van der Waals surface area contributed by atoms with Crippen molar-refractivity contribution < 1.29 is 18.0 Å². The third-order valence-electron chi connectivity index (χ3n) is 2.54. The van der Waals surface area contributed by atoms with E-state index in [9.17, 15) is 18.0 Å². The molecule has 2 rings (SSSR count). The fourth-order valence-electron chi connectivity index (χ4n) is 1.71. The van der Waals surface area contributed by atoms with Crippen molar-refractivity contribution in [2.75, 3.05) is 4.72 Å². The second-order valence-corrected chi connectivity index (χ2v) is 6.28. The van der Waals surface area contributed by atoms with Gasteiger partial charge in [-0.1, -0.05) is 11.6 Å². The van der Waals surface area contributed by atoms with Crippen molar-refractivity contribution in [1.82, 2.24) is 5.32 Å². The third kappa shape index (κ3) is 2.97. The molecule has 0 fully saturated rings. The number of hydrogen-bond acceptors (Lipinski definition) is 4. The third-order valence-corrected chi connectivity index (χ3v) is 4.49. The first-order valence-electron chi connectivity index (χ1n) is 5.47. The number of carbonyl (C=O) groups excluding carboxylic acids is 2. The molecule has 0 saturated carbocycles. The van der Waals surface area contributed by atoms with Crippen LogP contribution in [0.2, 0.25) is 5.02 Å². The lowest BCUT2D eigenvalue weighted by Crippen LogP contribution is -2.51. The predicted octanol–water partition coefficient (Wildman–Crippen LogP) is 1.16. The Hall–Kier alpha value is -1.93. The van der Waals surface area contributed by atoms with Crippen LogP contribution in [-0.4, -0.2) is 31.3 Å². The van der Waals surface area contributed by atoms with E-state index in [1.807, 2.05) is 5.32 Å². The molecule has 1 aromatic carbocycles. The molecule has 20 heavy (non-hydrogen) atoms. The Bertz CT molecular complexity index is 697. The van der Waals surface area contributed by atoms with Gasteiger partial charge in [-0.3, -0.25) is 14.8 Å². The van der Waals surface area contributed by atoms with Gasteiger partial charge < -0.3 is 0 Å². The highest BCUT2D eigenvalue weighted by molar-refractivity contribution is 7.94. The minimum atomic E-state index is -4.06. The molecule has 0 aromatic heterocycles. The van der Waals surface area contributed by atoms with Gasteiger partial charge >= 0.3 is 6.03 Å². The molecule has 106 valence electrons. The number of aliphatic imine (C=N–C) groups is 1. The van der Waals surface area contributed by atoms with Crippen LogP contribution in [0.5, 0.6) is 0 Å². The summed E-state index contributed by atoms with van der Waals surface area (Å²) in [5.41, 5.74) is 0.173. The van der Waals surface area contributed by atoms with Crippen molar-refractivity contribution in [1.29, 1.82) is 0 Å². The van der Waals surface area contributed by atoms with E-state index in [0.29, 0.717) is 5.02 Å². The molecule has 0 bridgehead atoms. The molecule has 1 aliphatic heterocycles. The molecule has 1 atom stereocenters. The molecular weight excluding hydrogens is 306 g/mol. The monoisotopic (exact) mass is 315 g/mol. The summed E-state index contributed by atoms with van der Waals surface area (Å²) in [7, 11) is -4.06. The molecule has 3 amide bonds. The Morgan fingerprint density at radius 1 is 1.25 bits per heavy atom. The number of sulfonamides is 1. The van der Waals surface area contributed by atoms with Crippen molar-refractivity contribution in [2.24, 2.45) is 4.99 Å². The number of carbonyl (C=O) groups is 2. The van der Waals surface area contributed by atoms with E-state index in [1.165, 1.54) is 31.2 Å². The van der Waals surface area contributed by atoms with Gasteiger partial charge in [-0.25, -0.2) is 18.2 Å². The second kappa shape index (κ2) is 5.22. The number of urea groups is 1. The van der Waals surface area contributed by atoms with Crippen LogP contribution in [0.1, 0.15) is 6.92 Å². The van der Waals surface area contributed by atoms with Crippen molar-refractivity contribution in [3.63, 3.8) is 0 Å². The van der Waals surface area contributed by atoms with Crippen LogP contribution in [0, 0.1) is 0 Å². The zero-order valence-corrected chi connectivity index (χ0v) is 11.8. The van der Waals surface area contributed by atoms with Gasteiger partial charge in [0.2, 0.25) is 10.0 Å². The fourth-order valence-corrected chi connectivity index (χ4v) is 3.26. The zero-order chi connectivity index (χ0) is 14.9. The number of halogens is 1. The lowest BCUT2D eigenvalue weighted by Gasteiger charge is -2.20. The Balaban J connectivity index is 2.31. The first-order chi connectivity index (χ1) is 9.29. The van der Waals surface area contributed by atoms with Crippen molar-refractivity contribution in [3.05, 3.63) is 29.3 Å². The van der Waals surface area contributed by atoms with E-state index >= 15 is 0 Å². The molecule has 9 heteroatoms. The van der Waals surface area contributed by atoms with E-state index in [2.05, 4.69) is 9.71 Å². The molecule has 0 spiro atoms. The van der Waals surface area contributed by atoms with E-state index in [-0.39, 0.29) is 11.4 Å². The highest BCUT2D eigenvalue weighted by Crippen LogP contribution is 2.17. The van der Waals surface area contributed by atoms with Gasteiger partial charge in [-0.05, 0) is 31.2 Å². The maximum absolute atomic E-state index is 12.2. The number of amides is 3. The van der Waals surface area contributed by atoms with Gasteiger partial charge in [0.25, 0.3) is 5.91 Å². The summed E-state index contributed by atoms with van der Waals surface area (Å²) >= 11 is 5.70. The van der Waals surface area contributed by atoms with Crippen molar-refractivity contribution in [2.45, 2.75) is 12.2 Å². The minimum absolute atomic E-state index is 0.0831. The smallest absolute Gasteiger partial charge is 0.283 e. The van der Waals surface area contributed by atoms with E-state index < -0.39 is 27.2 Å². The number of benzene rings is 1. The fraction of sp³-hybridized carbons (Fsp3) is 0.182. The second-order valence-electron chi connectivity index (χ2n) is 4.08. The maximum atomic E-state index is 12.2. The largest absolute Gasteiger partial charge is 0.347 e. The van der Waals surface area contributed by atoms with Crippen LogP contribution in [0.4, 0.5) is 10.5 Å². The number of imide groups is 1. The summed E-state index contributed by atoms with van der Waals surface area (Å²) in [6.07, 6.45) is 0. The summed E-state index contributed by atoms with van der Waals surface area (Å²) in [6, 6.07) is 5.05. The van der Waals surface area contributed by atoms with E-state index in [1.54, 1.807) is 0 Å². The Morgan fingerprint density at radius 3 is 2.40 bits per heavy atom. The molecule has 1 aliphatic rings.